The predicted octanol–water partition coefficient (Wildman–Crippen LogP) is 6.23. The van der Waals surface area contributed by atoms with Crippen LogP contribution in [0, 0.1) is 16.0 Å². The quantitative estimate of drug-likeness (QED) is 0.172. The van der Waals surface area contributed by atoms with E-state index in [9.17, 15) is 24.5 Å². The van der Waals surface area contributed by atoms with Crippen LogP contribution < -0.4 is 5.32 Å². The second-order valence-electron chi connectivity index (χ2n) is 10.6. The Hall–Kier alpha value is -5.08. The Morgan fingerprint density at radius 3 is 2.24 bits per heavy atom. The van der Waals surface area contributed by atoms with Gasteiger partial charge in [-0.15, -0.1) is 0 Å². The number of amides is 1. The van der Waals surface area contributed by atoms with Gasteiger partial charge in [-0.05, 0) is 65.2 Å². The number of para-hydroxylation sites is 1. The molecule has 3 aliphatic rings. The molecule has 1 spiro atoms. The highest BCUT2D eigenvalue weighted by molar-refractivity contribution is 6.30. The molecule has 0 bridgehead atoms. The van der Waals surface area contributed by atoms with Gasteiger partial charge in [0.25, 0.3) is 5.69 Å². The Bertz CT molecular complexity index is 1840. The number of nitrogens with one attached hydrogen (secondary N) is 1. The summed E-state index contributed by atoms with van der Waals surface area (Å²) < 4.78 is 0. The van der Waals surface area contributed by atoms with Gasteiger partial charge in [-0.2, -0.15) is 0 Å². The normalized spacial score (nSPS) is 23.2. The first kappa shape index (κ1) is 25.9. The summed E-state index contributed by atoms with van der Waals surface area (Å²) >= 11 is 6.12. The van der Waals surface area contributed by atoms with Crippen molar-refractivity contribution >= 4 is 46.5 Å². The minimum Gasteiger partial charge on any atom is -0.358 e. The number of Topliss-reactive ketones (excluding diaryl/α,β-unsaturated/α-hetero) is 2. The second kappa shape index (κ2) is 9.49. The zero-order valence-corrected chi connectivity index (χ0v) is 22.7. The van der Waals surface area contributed by atoms with E-state index in [1.165, 1.54) is 24.3 Å². The Morgan fingerprint density at radius 1 is 0.857 bits per heavy atom. The average molecular weight is 576 g/mol. The van der Waals surface area contributed by atoms with Crippen LogP contribution in [0.2, 0.25) is 5.02 Å². The lowest BCUT2D eigenvalue weighted by Crippen LogP contribution is -2.49. The largest absolute Gasteiger partial charge is 0.358 e. The molecular formula is C33H22ClN3O5. The zero-order chi connectivity index (χ0) is 29.2. The number of carbonyl (C=O) groups is 3. The molecule has 1 saturated heterocycles. The summed E-state index contributed by atoms with van der Waals surface area (Å²) in [6, 6.07) is 24.9. The molecule has 0 saturated carbocycles. The van der Waals surface area contributed by atoms with E-state index in [1.54, 1.807) is 36.5 Å². The molecule has 0 unspecified atom stereocenters. The lowest BCUT2D eigenvalue weighted by atomic mass is 9.62. The van der Waals surface area contributed by atoms with Crippen molar-refractivity contribution in [3.05, 3.63) is 146 Å². The fraction of sp³-hybridized carbons (Fsp3) is 0.121. The number of hydrogen-bond donors (Lipinski definition) is 1. The first-order valence-corrected chi connectivity index (χ1v) is 13.7. The third kappa shape index (κ3) is 3.58. The number of rotatable bonds is 5. The number of nitro benzene ring substituents is 1. The molecule has 0 aromatic heterocycles. The first-order chi connectivity index (χ1) is 20.3. The van der Waals surface area contributed by atoms with Crippen LogP contribution in [0.4, 0.5) is 11.4 Å². The third-order valence-electron chi connectivity index (χ3n) is 8.61. The van der Waals surface area contributed by atoms with Gasteiger partial charge in [-0.1, -0.05) is 54.1 Å². The molecular weight excluding hydrogens is 554 g/mol. The van der Waals surface area contributed by atoms with Gasteiger partial charge in [-0.25, -0.2) is 0 Å². The van der Waals surface area contributed by atoms with E-state index in [0.29, 0.717) is 21.8 Å². The van der Waals surface area contributed by atoms with E-state index in [4.69, 9.17) is 11.6 Å². The molecule has 9 heteroatoms. The second-order valence-corrected chi connectivity index (χ2v) is 11.1. The summed E-state index contributed by atoms with van der Waals surface area (Å²) in [5, 5.41) is 14.8. The molecule has 4 aromatic carbocycles. The summed E-state index contributed by atoms with van der Waals surface area (Å²) in [6.45, 7) is 0. The molecule has 4 aromatic rings. The van der Waals surface area contributed by atoms with Gasteiger partial charge in [0.05, 0.1) is 16.9 Å². The topological polar surface area (TPSA) is 110 Å². The van der Waals surface area contributed by atoms with Crippen LogP contribution in [-0.2, 0) is 10.2 Å². The minimum atomic E-state index is -1.48. The third-order valence-corrected chi connectivity index (χ3v) is 8.86. The minimum absolute atomic E-state index is 0.167. The molecule has 0 aliphatic carbocycles. The molecule has 1 amide bonds. The number of hydrogen-bond acceptors (Lipinski definition) is 6. The van der Waals surface area contributed by atoms with Crippen molar-refractivity contribution in [3.63, 3.8) is 0 Å². The fourth-order valence-corrected chi connectivity index (χ4v) is 7.01. The molecule has 7 rings (SSSR count). The summed E-state index contributed by atoms with van der Waals surface area (Å²) in [5.41, 5.74) is 1.78. The molecule has 206 valence electrons. The Morgan fingerprint density at radius 2 is 1.50 bits per heavy atom. The van der Waals surface area contributed by atoms with Gasteiger partial charge in [0.1, 0.15) is 11.5 Å². The number of ketones is 2. The molecule has 42 heavy (non-hydrogen) atoms. The number of carbonyl (C=O) groups excluding carboxylic acids is 3. The highest BCUT2D eigenvalue weighted by atomic mass is 35.5. The maximum absolute atomic E-state index is 14.7. The highest BCUT2D eigenvalue weighted by Gasteiger charge is 2.70. The first-order valence-electron chi connectivity index (χ1n) is 13.4. The van der Waals surface area contributed by atoms with Gasteiger partial charge in [-0.3, -0.25) is 24.5 Å². The summed E-state index contributed by atoms with van der Waals surface area (Å²) in [5.74, 6) is -2.35. The van der Waals surface area contributed by atoms with Crippen LogP contribution in [0.1, 0.15) is 43.4 Å². The van der Waals surface area contributed by atoms with Gasteiger partial charge < -0.3 is 10.2 Å². The molecule has 8 nitrogen and oxygen atoms in total. The number of halogens is 1. The SMILES string of the molecule is O=C(c1ccc(Cl)cc1)[C@@H]1[C@H](C(=O)c2ccc([N+](=O)[O-])cc2)[C@]2(C(=O)Nc3ccccc32)[C@@H]2c3ccccc3C=CN12. The number of non-ortho nitro benzene ring substituents is 1. The van der Waals surface area contributed by atoms with E-state index in [1.807, 2.05) is 53.4 Å². The van der Waals surface area contributed by atoms with Gasteiger partial charge in [0, 0.05) is 40.2 Å². The van der Waals surface area contributed by atoms with Crippen molar-refractivity contribution < 1.29 is 19.3 Å². The van der Waals surface area contributed by atoms with Gasteiger partial charge in [0.15, 0.2) is 11.6 Å². The van der Waals surface area contributed by atoms with Crippen LogP contribution in [0.3, 0.4) is 0 Å². The van der Waals surface area contributed by atoms with E-state index < -0.39 is 34.1 Å². The lowest BCUT2D eigenvalue weighted by molar-refractivity contribution is -0.384. The number of benzene rings is 4. The monoisotopic (exact) mass is 575 g/mol. The van der Waals surface area contributed by atoms with Gasteiger partial charge >= 0.3 is 0 Å². The molecule has 0 radical (unpaired) electrons. The lowest BCUT2D eigenvalue weighted by Gasteiger charge is -2.38. The average Bonchev–Trinajstić information content (AvgIpc) is 3.49. The maximum atomic E-state index is 14.7. The summed E-state index contributed by atoms with van der Waals surface area (Å²) in [7, 11) is 0. The standard InChI is InChI=1S/C33H22ClN3O5/c34-22-13-9-21(10-14-22)30(39)28-27(29(38)20-11-15-23(16-12-20)37(41)42)33(25-7-3-4-8-26(25)35-32(33)40)31-24-6-2-1-5-19(24)17-18-36(28)31/h1-18,27-28,31H,(H,35,40)/t27-,28+,31+,33+/m1/s1. The highest BCUT2D eigenvalue weighted by Crippen LogP contribution is 2.62. The van der Waals surface area contributed by atoms with E-state index in [0.717, 1.165) is 11.1 Å². The Labute approximate surface area is 245 Å². The van der Waals surface area contributed by atoms with Crippen molar-refractivity contribution in [1.29, 1.82) is 0 Å². The molecule has 1 fully saturated rings. The predicted molar refractivity (Wildman–Crippen MR) is 157 cm³/mol. The molecule has 3 aliphatic heterocycles. The van der Waals surface area contributed by atoms with E-state index in [2.05, 4.69) is 5.32 Å². The van der Waals surface area contributed by atoms with Crippen LogP contribution >= 0.6 is 11.6 Å². The number of fused-ring (bicyclic) bond motifs is 6. The summed E-state index contributed by atoms with van der Waals surface area (Å²) in [6.07, 6.45) is 3.68. The van der Waals surface area contributed by atoms with E-state index >= 15 is 0 Å². The molecule has 4 atom stereocenters. The van der Waals surface area contributed by atoms with Crippen molar-refractivity contribution in [2.75, 3.05) is 5.32 Å². The fourth-order valence-electron chi connectivity index (χ4n) is 6.88. The van der Waals surface area contributed by atoms with Crippen molar-refractivity contribution in [2.24, 2.45) is 5.92 Å². The van der Waals surface area contributed by atoms with Crippen LogP contribution in [-0.4, -0.2) is 33.3 Å². The smallest absolute Gasteiger partial charge is 0.269 e. The van der Waals surface area contributed by atoms with Crippen LogP contribution in [0.15, 0.2) is 103 Å². The number of nitrogens with zero attached hydrogens (tertiary/aromatic N) is 2. The Kier molecular flexibility index (Phi) is 5.85. The van der Waals surface area contributed by atoms with Crippen LogP contribution in [0.5, 0.6) is 0 Å². The van der Waals surface area contributed by atoms with Crippen molar-refractivity contribution in [3.8, 4) is 0 Å². The van der Waals surface area contributed by atoms with E-state index in [-0.39, 0.29) is 22.9 Å². The number of anilines is 1. The van der Waals surface area contributed by atoms with Crippen molar-refractivity contribution in [2.45, 2.75) is 17.5 Å². The molecule has 1 N–H and O–H groups in total. The summed E-state index contributed by atoms with van der Waals surface area (Å²) in [4.78, 5) is 56.3. The molecule has 3 heterocycles. The maximum Gasteiger partial charge on any atom is 0.269 e. The number of nitro groups is 1. The zero-order valence-electron chi connectivity index (χ0n) is 21.9. The Balaban J connectivity index is 1.51. The van der Waals surface area contributed by atoms with Crippen LogP contribution in [0.25, 0.3) is 6.08 Å². The van der Waals surface area contributed by atoms with Gasteiger partial charge in [0.2, 0.25) is 5.91 Å². The van der Waals surface area contributed by atoms with Crippen molar-refractivity contribution in [1.82, 2.24) is 4.90 Å².